The lowest BCUT2D eigenvalue weighted by atomic mass is 9.75. The predicted octanol–water partition coefficient (Wildman–Crippen LogP) is 3.97. The number of carbonyl (C=O) groups is 4. The molecule has 2 amide bonds. The minimum atomic E-state index is -5.08. The first-order chi connectivity index (χ1) is 19.1. The molecule has 2 saturated heterocycles. The second-order valence-corrected chi connectivity index (χ2v) is 10.2. The van der Waals surface area contributed by atoms with Crippen molar-refractivity contribution in [3.63, 3.8) is 0 Å². The van der Waals surface area contributed by atoms with Crippen LogP contribution in [-0.4, -0.2) is 66.7 Å². The van der Waals surface area contributed by atoms with Crippen LogP contribution >= 0.6 is 0 Å². The molecule has 4 rings (SSSR count). The molecule has 4 atom stereocenters. The molecule has 9 nitrogen and oxygen atoms in total. The Morgan fingerprint density at radius 1 is 1.07 bits per heavy atom. The van der Waals surface area contributed by atoms with Crippen molar-refractivity contribution in [1.29, 1.82) is 0 Å². The number of amides is 2. The Kier molecular flexibility index (Phi) is 9.11. The van der Waals surface area contributed by atoms with Crippen LogP contribution in [0.2, 0.25) is 0 Å². The van der Waals surface area contributed by atoms with Crippen LogP contribution in [0.1, 0.15) is 31.9 Å². The second kappa shape index (κ2) is 11.9. The molecule has 2 aliphatic rings. The van der Waals surface area contributed by atoms with Gasteiger partial charge in [-0.15, -0.1) is 0 Å². The molecule has 0 aliphatic carbocycles. The van der Waals surface area contributed by atoms with E-state index in [0.717, 1.165) is 16.0 Å². The number of benzene rings is 2. The van der Waals surface area contributed by atoms with E-state index in [1.165, 1.54) is 33.4 Å². The number of likely N-dealkylation sites (tertiary alicyclic amines) is 1. The number of ether oxygens (including phenoxy) is 2. The number of imide groups is 1. The quantitative estimate of drug-likeness (QED) is 0.298. The molecule has 3 unspecified atom stereocenters. The fourth-order valence-electron chi connectivity index (χ4n) is 5.49. The summed E-state index contributed by atoms with van der Waals surface area (Å²) >= 11 is 0. The SMILES string of the molecule is COC(=O)[C@]1(CC(C)C)NC(c2ccc(-c3ccc(F)cc3)c(OC)c2)C2C(=O)N(C)C(=O)C21.O=C(O)C(F)(F)F. The highest BCUT2D eigenvalue weighted by atomic mass is 19.4. The van der Waals surface area contributed by atoms with Crippen LogP contribution in [0.25, 0.3) is 11.1 Å². The highest BCUT2D eigenvalue weighted by molar-refractivity contribution is 6.09. The summed E-state index contributed by atoms with van der Waals surface area (Å²) in [5.74, 6) is -5.38. The van der Waals surface area contributed by atoms with E-state index in [1.54, 1.807) is 18.2 Å². The maximum atomic E-state index is 13.4. The number of methoxy groups -OCH3 is 2. The van der Waals surface area contributed by atoms with Crippen LogP contribution in [0, 0.1) is 23.6 Å². The normalized spacial score (nSPS) is 23.7. The Morgan fingerprint density at radius 2 is 1.66 bits per heavy atom. The van der Waals surface area contributed by atoms with Crippen molar-refractivity contribution in [2.75, 3.05) is 21.3 Å². The molecule has 41 heavy (non-hydrogen) atoms. The number of hydrogen-bond acceptors (Lipinski definition) is 7. The largest absolute Gasteiger partial charge is 0.496 e. The van der Waals surface area contributed by atoms with Crippen molar-refractivity contribution < 1.29 is 51.3 Å². The van der Waals surface area contributed by atoms with Gasteiger partial charge < -0.3 is 14.6 Å². The van der Waals surface area contributed by atoms with Gasteiger partial charge in [0.1, 0.15) is 17.1 Å². The summed E-state index contributed by atoms with van der Waals surface area (Å²) in [6.45, 7) is 3.92. The lowest BCUT2D eigenvalue weighted by Gasteiger charge is -2.33. The summed E-state index contributed by atoms with van der Waals surface area (Å²) < 4.78 is 55.9. The van der Waals surface area contributed by atoms with Crippen molar-refractivity contribution >= 4 is 23.8 Å². The number of fused-ring (bicyclic) bond motifs is 1. The maximum Gasteiger partial charge on any atom is 0.490 e. The summed E-state index contributed by atoms with van der Waals surface area (Å²) in [5.41, 5.74) is 0.924. The minimum absolute atomic E-state index is 0.0650. The van der Waals surface area contributed by atoms with Gasteiger partial charge in [-0.05, 0) is 41.7 Å². The minimum Gasteiger partial charge on any atom is -0.496 e. The van der Waals surface area contributed by atoms with Crippen molar-refractivity contribution in [3.05, 3.63) is 53.8 Å². The van der Waals surface area contributed by atoms with Gasteiger partial charge in [0, 0.05) is 18.7 Å². The topological polar surface area (TPSA) is 122 Å². The van der Waals surface area contributed by atoms with Gasteiger partial charge in [-0.1, -0.05) is 38.1 Å². The van der Waals surface area contributed by atoms with Crippen molar-refractivity contribution in [1.82, 2.24) is 10.2 Å². The summed E-state index contributed by atoms with van der Waals surface area (Å²) in [4.78, 5) is 49.5. The molecule has 2 N–H and O–H groups in total. The van der Waals surface area contributed by atoms with Gasteiger partial charge >= 0.3 is 18.1 Å². The van der Waals surface area contributed by atoms with E-state index < -0.39 is 41.5 Å². The summed E-state index contributed by atoms with van der Waals surface area (Å²) in [6.07, 6.45) is -4.74. The molecular formula is C28H30F4N2O7. The first kappa shape index (κ1) is 31.5. The van der Waals surface area contributed by atoms with E-state index >= 15 is 0 Å². The maximum absolute atomic E-state index is 13.4. The first-order valence-electron chi connectivity index (χ1n) is 12.5. The summed E-state index contributed by atoms with van der Waals surface area (Å²) in [7, 11) is 4.28. The number of halogens is 4. The zero-order valence-corrected chi connectivity index (χ0v) is 22.9. The number of aliphatic carboxylic acids is 1. The van der Waals surface area contributed by atoms with Gasteiger partial charge in [0.25, 0.3) is 0 Å². The van der Waals surface area contributed by atoms with E-state index in [1.807, 2.05) is 26.0 Å². The zero-order chi connectivity index (χ0) is 30.9. The standard InChI is InChI=1S/C26H29FN2O5.C2HF3O2/c1-14(2)13-26(25(32)34-5)21-20(23(30)29(3)24(21)31)22(28-26)16-8-11-18(19(12-16)33-4)15-6-9-17(27)10-7-15;3-2(4,5)1(6)7/h6-12,14,20-22,28H,13H2,1-5H3;(H,6,7)/t20?,21?,22?,26-;/m1./s1. The molecule has 0 aromatic heterocycles. The molecule has 2 aromatic carbocycles. The fourth-order valence-corrected chi connectivity index (χ4v) is 5.49. The number of nitrogens with zero attached hydrogens (tertiary/aromatic N) is 1. The number of nitrogens with one attached hydrogen (secondary N) is 1. The van der Waals surface area contributed by atoms with Crippen molar-refractivity contribution in [2.24, 2.45) is 17.8 Å². The van der Waals surface area contributed by atoms with Gasteiger partial charge in [-0.2, -0.15) is 13.2 Å². The molecule has 0 bridgehead atoms. The zero-order valence-electron chi connectivity index (χ0n) is 22.9. The Hall–Kier alpha value is -4.00. The summed E-state index contributed by atoms with van der Waals surface area (Å²) in [6, 6.07) is 11.0. The molecular weight excluding hydrogens is 552 g/mol. The van der Waals surface area contributed by atoms with E-state index in [2.05, 4.69) is 5.32 Å². The molecule has 0 saturated carbocycles. The van der Waals surface area contributed by atoms with Gasteiger partial charge in [0.15, 0.2) is 0 Å². The predicted molar refractivity (Wildman–Crippen MR) is 137 cm³/mol. The number of hydrogen-bond donors (Lipinski definition) is 2. The Bertz CT molecular complexity index is 1330. The average molecular weight is 583 g/mol. The number of rotatable bonds is 6. The van der Waals surface area contributed by atoms with E-state index in [9.17, 15) is 31.9 Å². The van der Waals surface area contributed by atoms with E-state index in [-0.39, 0.29) is 23.5 Å². The molecule has 0 radical (unpaired) electrons. The van der Waals surface area contributed by atoms with Crippen LogP contribution in [0.3, 0.4) is 0 Å². The van der Waals surface area contributed by atoms with Crippen LogP contribution in [0.4, 0.5) is 17.6 Å². The van der Waals surface area contributed by atoms with Crippen molar-refractivity contribution in [3.8, 4) is 16.9 Å². The smallest absolute Gasteiger partial charge is 0.490 e. The molecule has 2 heterocycles. The van der Waals surface area contributed by atoms with Crippen LogP contribution in [-0.2, 0) is 23.9 Å². The first-order valence-corrected chi connectivity index (χ1v) is 12.5. The van der Waals surface area contributed by atoms with Crippen LogP contribution in [0.15, 0.2) is 42.5 Å². The van der Waals surface area contributed by atoms with E-state index in [0.29, 0.717) is 17.7 Å². The van der Waals surface area contributed by atoms with Gasteiger partial charge in [-0.3, -0.25) is 24.6 Å². The Balaban J connectivity index is 0.000000587. The molecule has 0 spiro atoms. The lowest BCUT2D eigenvalue weighted by Crippen LogP contribution is -2.56. The monoisotopic (exact) mass is 582 g/mol. The second-order valence-electron chi connectivity index (χ2n) is 10.2. The summed E-state index contributed by atoms with van der Waals surface area (Å²) in [5, 5.41) is 10.5. The number of esters is 1. The third kappa shape index (κ3) is 6.04. The number of carboxylic acids is 1. The third-order valence-corrected chi connectivity index (χ3v) is 7.14. The highest BCUT2D eigenvalue weighted by Gasteiger charge is 2.68. The molecule has 2 fully saturated rings. The number of carbonyl (C=O) groups excluding carboxylic acids is 3. The lowest BCUT2D eigenvalue weighted by molar-refractivity contribution is -0.192. The van der Waals surface area contributed by atoms with Gasteiger partial charge in [0.05, 0.1) is 26.1 Å². The highest BCUT2D eigenvalue weighted by Crippen LogP contribution is 2.51. The van der Waals surface area contributed by atoms with Gasteiger partial charge in [0.2, 0.25) is 11.8 Å². The Morgan fingerprint density at radius 3 is 2.15 bits per heavy atom. The van der Waals surface area contributed by atoms with Crippen molar-refractivity contribution in [2.45, 2.75) is 38.0 Å². The van der Waals surface area contributed by atoms with Crippen LogP contribution in [0.5, 0.6) is 5.75 Å². The molecule has 222 valence electrons. The number of alkyl halides is 3. The third-order valence-electron chi connectivity index (χ3n) is 7.14. The molecule has 2 aliphatic heterocycles. The van der Waals surface area contributed by atoms with Crippen LogP contribution < -0.4 is 10.1 Å². The number of carboxylic acid groups (broad SMARTS) is 1. The van der Waals surface area contributed by atoms with Gasteiger partial charge in [-0.25, -0.2) is 9.18 Å². The average Bonchev–Trinajstić information content (AvgIpc) is 3.37. The molecule has 13 heteroatoms. The Labute approximate surface area is 233 Å². The fraction of sp³-hybridized carbons (Fsp3) is 0.429. The van der Waals surface area contributed by atoms with E-state index in [4.69, 9.17) is 19.4 Å². The molecule has 2 aromatic rings.